The molecule has 0 spiro atoms. The molecule has 1 aliphatic heterocycles. The van der Waals surface area contributed by atoms with E-state index in [9.17, 15) is 9.59 Å². The van der Waals surface area contributed by atoms with Gasteiger partial charge in [-0.25, -0.2) is 9.80 Å². The van der Waals surface area contributed by atoms with Gasteiger partial charge in [-0.3, -0.25) is 9.69 Å². The van der Waals surface area contributed by atoms with Gasteiger partial charge in [-0.05, 0) is 19.1 Å². The first-order valence-electron chi connectivity index (χ1n) is 6.24. The van der Waals surface area contributed by atoms with Crippen molar-refractivity contribution in [3.63, 3.8) is 0 Å². The zero-order chi connectivity index (χ0) is 15.6. The molecule has 1 unspecified atom stereocenters. The molecule has 112 valence electrons. The fraction of sp³-hybridized carbons (Fsp3) is 0.308. The summed E-state index contributed by atoms with van der Waals surface area (Å²) in [5.41, 5.74) is 0.388. The molecule has 21 heavy (non-hydrogen) atoms. The number of amidine groups is 1. The van der Waals surface area contributed by atoms with E-state index in [0.717, 1.165) is 0 Å². The van der Waals surface area contributed by atoms with Crippen molar-refractivity contribution in [3.05, 3.63) is 34.9 Å². The summed E-state index contributed by atoms with van der Waals surface area (Å²) in [5, 5.41) is 8.69. The number of rotatable bonds is 1. The Morgan fingerprint density at radius 1 is 1.43 bits per heavy atom. The van der Waals surface area contributed by atoms with Crippen LogP contribution in [0.5, 0.6) is 0 Å². The van der Waals surface area contributed by atoms with E-state index in [2.05, 4.69) is 10.4 Å². The molecule has 0 saturated heterocycles. The lowest BCUT2D eigenvalue weighted by Gasteiger charge is -2.17. The summed E-state index contributed by atoms with van der Waals surface area (Å²) in [5.74, 6) is -0.291. The van der Waals surface area contributed by atoms with Crippen molar-refractivity contribution in [1.29, 1.82) is 0 Å². The number of carbonyl (C=O) groups is 2. The molecule has 1 heterocycles. The molecule has 8 heteroatoms. The van der Waals surface area contributed by atoms with Gasteiger partial charge in [0, 0.05) is 14.1 Å². The molecule has 0 fully saturated rings. The van der Waals surface area contributed by atoms with Crippen molar-refractivity contribution >= 4 is 40.5 Å². The number of amides is 3. The highest BCUT2D eigenvalue weighted by molar-refractivity contribution is 8.14. The Kier molecular flexibility index (Phi) is 4.74. The van der Waals surface area contributed by atoms with E-state index in [1.165, 1.54) is 28.7 Å². The first kappa shape index (κ1) is 15.7. The fourth-order valence-corrected chi connectivity index (χ4v) is 2.91. The van der Waals surface area contributed by atoms with Crippen molar-refractivity contribution in [3.8, 4) is 0 Å². The number of hydrogen-bond acceptors (Lipinski definition) is 4. The topological polar surface area (TPSA) is 65.0 Å². The molecule has 0 aliphatic carbocycles. The van der Waals surface area contributed by atoms with Gasteiger partial charge in [-0.2, -0.15) is 0 Å². The molecule has 2 rings (SSSR count). The van der Waals surface area contributed by atoms with Crippen LogP contribution in [0.3, 0.4) is 0 Å². The van der Waals surface area contributed by atoms with E-state index in [-0.39, 0.29) is 17.3 Å². The van der Waals surface area contributed by atoms with E-state index in [0.29, 0.717) is 15.8 Å². The van der Waals surface area contributed by atoms with Crippen LogP contribution in [0.4, 0.5) is 4.79 Å². The summed E-state index contributed by atoms with van der Waals surface area (Å²) in [6.45, 7) is 1.84. The van der Waals surface area contributed by atoms with E-state index in [1.807, 2.05) is 6.92 Å². The number of carbonyl (C=O) groups excluding carboxylic acids is 2. The molecule has 0 radical (unpaired) electrons. The highest BCUT2D eigenvalue weighted by atomic mass is 35.5. The van der Waals surface area contributed by atoms with Crippen molar-refractivity contribution in [2.24, 2.45) is 5.10 Å². The molecule has 3 amide bonds. The summed E-state index contributed by atoms with van der Waals surface area (Å²) < 4.78 is 0. The number of halogens is 1. The lowest BCUT2D eigenvalue weighted by atomic mass is 10.2. The van der Waals surface area contributed by atoms with Gasteiger partial charge < -0.3 is 5.32 Å². The average Bonchev–Trinajstić information content (AvgIpc) is 2.87. The van der Waals surface area contributed by atoms with Gasteiger partial charge >= 0.3 is 6.03 Å². The van der Waals surface area contributed by atoms with Crippen molar-refractivity contribution < 1.29 is 9.59 Å². The lowest BCUT2D eigenvalue weighted by Crippen LogP contribution is -2.37. The summed E-state index contributed by atoms with van der Waals surface area (Å²) in [6.07, 6.45) is 0. The van der Waals surface area contributed by atoms with Gasteiger partial charge in [0.15, 0.2) is 5.17 Å². The largest absolute Gasteiger partial charge is 0.341 e. The number of hydrogen-bond donors (Lipinski definition) is 1. The summed E-state index contributed by atoms with van der Waals surface area (Å²) in [6, 6.07) is 6.52. The van der Waals surface area contributed by atoms with Gasteiger partial charge in [-0.15, -0.1) is 5.10 Å². The van der Waals surface area contributed by atoms with Crippen LogP contribution in [0.15, 0.2) is 29.4 Å². The van der Waals surface area contributed by atoms with Crippen LogP contribution in [-0.2, 0) is 0 Å². The monoisotopic (exact) mass is 326 g/mol. The minimum Gasteiger partial charge on any atom is -0.341 e. The number of nitrogens with one attached hydrogen (secondary N) is 1. The first-order chi connectivity index (χ1) is 9.95. The van der Waals surface area contributed by atoms with Gasteiger partial charge in [-0.1, -0.05) is 35.5 Å². The number of thioether (sulfide) groups is 1. The van der Waals surface area contributed by atoms with Gasteiger partial charge in [0.25, 0.3) is 5.91 Å². The molecule has 0 saturated carbocycles. The van der Waals surface area contributed by atoms with Crippen LogP contribution in [0, 0.1) is 0 Å². The molecular weight excluding hydrogens is 312 g/mol. The summed E-state index contributed by atoms with van der Waals surface area (Å²) in [7, 11) is 3.13. The number of nitrogens with zero attached hydrogens (tertiary/aromatic N) is 3. The van der Waals surface area contributed by atoms with Gasteiger partial charge in [0.2, 0.25) is 0 Å². The SMILES string of the molecule is CNC(=O)N(C)C1=NN(C(=O)c2ccccc2Cl)C(C)S1. The summed E-state index contributed by atoms with van der Waals surface area (Å²) >= 11 is 7.37. The van der Waals surface area contributed by atoms with Crippen molar-refractivity contribution in [1.82, 2.24) is 15.2 Å². The normalized spacial score (nSPS) is 17.4. The quantitative estimate of drug-likeness (QED) is 0.862. The maximum absolute atomic E-state index is 12.5. The minimum absolute atomic E-state index is 0.212. The van der Waals surface area contributed by atoms with Crippen LogP contribution in [0.25, 0.3) is 0 Å². The standard InChI is InChI=1S/C13H15ClN4O2S/c1-8-18(11(19)9-6-4-5-7-10(9)14)16-13(21-8)17(3)12(20)15-2/h4-8H,1-3H3,(H,15,20). The Bertz CT molecular complexity index is 608. The average molecular weight is 327 g/mol. The summed E-state index contributed by atoms with van der Waals surface area (Å²) in [4.78, 5) is 25.5. The zero-order valence-electron chi connectivity index (χ0n) is 11.8. The maximum atomic E-state index is 12.5. The smallest absolute Gasteiger partial charge is 0.322 e. The second-order valence-electron chi connectivity index (χ2n) is 4.34. The molecule has 1 aliphatic rings. The second kappa shape index (κ2) is 6.36. The van der Waals surface area contributed by atoms with Crippen LogP contribution in [0.1, 0.15) is 17.3 Å². The Hall–Kier alpha value is -1.73. The number of urea groups is 1. The van der Waals surface area contributed by atoms with Gasteiger partial charge in [0.05, 0.1) is 10.6 Å². The maximum Gasteiger partial charge on any atom is 0.322 e. The third-order valence-electron chi connectivity index (χ3n) is 2.93. The van der Waals surface area contributed by atoms with Crippen molar-refractivity contribution in [2.45, 2.75) is 12.3 Å². The van der Waals surface area contributed by atoms with E-state index in [1.54, 1.807) is 31.3 Å². The Labute approximate surface area is 132 Å². The Morgan fingerprint density at radius 3 is 2.71 bits per heavy atom. The highest BCUT2D eigenvalue weighted by Crippen LogP contribution is 2.29. The molecule has 1 aromatic rings. The van der Waals surface area contributed by atoms with Crippen LogP contribution in [-0.4, -0.2) is 46.5 Å². The molecule has 6 nitrogen and oxygen atoms in total. The van der Waals surface area contributed by atoms with E-state index >= 15 is 0 Å². The highest BCUT2D eigenvalue weighted by Gasteiger charge is 2.33. The Balaban J connectivity index is 2.24. The van der Waals surface area contributed by atoms with Crippen molar-refractivity contribution in [2.75, 3.05) is 14.1 Å². The van der Waals surface area contributed by atoms with Crippen LogP contribution >= 0.6 is 23.4 Å². The molecule has 0 aromatic heterocycles. The number of benzene rings is 1. The minimum atomic E-state index is -0.291. The number of hydrazone groups is 1. The third-order valence-corrected chi connectivity index (χ3v) is 4.37. The first-order valence-corrected chi connectivity index (χ1v) is 7.50. The zero-order valence-corrected chi connectivity index (χ0v) is 13.4. The van der Waals surface area contributed by atoms with Crippen LogP contribution in [0.2, 0.25) is 5.02 Å². The predicted molar refractivity (Wildman–Crippen MR) is 84.3 cm³/mol. The van der Waals surface area contributed by atoms with Crippen LogP contribution < -0.4 is 5.32 Å². The van der Waals surface area contributed by atoms with E-state index < -0.39 is 0 Å². The molecular formula is C13H15ClN4O2S. The molecule has 1 N–H and O–H groups in total. The third kappa shape index (κ3) is 3.14. The molecule has 1 atom stereocenters. The Morgan fingerprint density at radius 2 is 2.10 bits per heavy atom. The predicted octanol–water partition coefficient (Wildman–Crippen LogP) is 2.42. The molecule has 1 aromatic carbocycles. The van der Waals surface area contributed by atoms with E-state index in [4.69, 9.17) is 11.6 Å². The second-order valence-corrected chi connectivity index (χ2v) is 6.03. The van der Waals surface area contributed by atoms with Gasteiger partial charge in [0.1, 0.15) is 5.37 Å². The molecule has 0 bridgehead atoms. The fourth-order valence-electron chi connectivity index (χ4n) is 1.77. The lowest BCUT2D eigenvalue weighted by molar-refractivity contribution is 0.0756.